The number of aryl methyl sites for hydroxylation is 4. The molecule has 10 heterocycles. The molecule has 6 heteroatoms. The number of hydrogen-bond acceptors (Lipinski definition) is 6. The van der Waals surface area contributed by atoms with Crippen LogP contribution in [0.5, 0.6) is 0 Å². The number of thiophene rings is 4. The van der Waals surface area contributed by atoms with Crippen LogP contribution < -0.4 is 0 Å². The van der Waals surface area contributed by atoms with Crippen LogP contribution >= 0.6 is 45.3 Å². The molecule has 14 rings (SSSR count). The highest BCUT2D eigenvalue weighted by molar-refractivity contribution is 7.34. The smallest absolute Gasteiger partial charge is 0.0730 e. The standard InChI is InChI=1S/C52H36N2S4/c1-29-5-13-33(14-6-29)49-37-21-22-38(53-37)50(34-15-7-30(2)8-16-34)47-27-43-44(57-47)28-48(58-43)52(36-19-11-32(4)12-20-36)40-24-23-39(54-40)51(35-17-9-31(3)10-18-35)46-26-42-41(56-46)25-45(49)55-42/h5-28H,1-4H3. The van der Waals surface area contributed by atoms with Gasteiger partial charge in [-0.25, -0.2) is 9.97 Å². The molecule has 0 saturated heterocycles. The Bertz CT molecular complexity index is 2830. The molecular formula is C52H36N2S4. The summed E-state index contributed by atoms with van der Waals surface area (Å²) in [7, 11) is 0. The Morgan fingerprint density at radius 3 is 0.690 bits per heavy atom. The normalized spacial score (nSPS) is 12.3. The Morgan fingerprint density at radius 1 is 0.276 bits per heavy atom. The van der Waals surface area contributed by atoms with Crippen molar-refractivity contribution in [2.75, 3.05) is 0 Å². The Balaban J connectivity index is 1.29. The first kappa shape index (κ1) is 35.4. The van der Waals surface area contributed by atoms with E-state index in [4.69, 9.17) is 9.97 Å². The fourth-order valence-electron chi connectivity index (χ4n) is 7.99. The minimum absolute atomic E-state index is 0.991. The van der Waals surface area contributed by atoms with Crippen molar-refractivity contribution < 1.29 is 0 Å². The minimum atomic E-state index is 0.991. The van der Waals surface area contributed by atoms with E-state index in [1.54, 1.807) is 0 Å². The topological polar surface area (TPSA) is 25.8 Å². The highest BCUT2D eigenvalue weighted by Crippen LogP contribution is 2.46. The Labute approximate surface area is 353 Å². The molecule has 0 spiro atoms. The maximum absolute atomic E-state index is 5.52. The van der Waals surface area contributed by atoms with Crippen LogP contribution in [0.2, 0.25) is 0 Å². The quantitative estimate of drug-likeness (QED) is 0.177. The zero-order valence-electron chi connectivity index (χ0n) is 32.4. The number of aromatic nitrogens is 2. The van der Waals surface area contributed by atoms with Gasteiger partial charge in [-0.3, -0.25) is 0 Å². The van der Waals surface area contributed by atoms with Crippen LogP contribution in [0.15, 0.2) is 121 Å². The van der Waals surface area contributed by atoms with Gasteiger partial charge in [0.2, 0.25) is 0 Å². The zero-order chi connectivity index (χ0) is 39.1. The van der Waals surface area contributed by atoms with Crippen LogP contribution in [-0.2, 0) is 0 Å². The van der Waals surface area contributed by atoms with Gasteiger partial charge >= 0.3 is 0 Å². The van der Waals surface area contributed by atoms with Crippen LogP contribution in [0.3, 0.4) is 0 Å². The van der Waals surface area contributed by atoms with E-state index in [9.17, 15) is 0 Å². The fourth-order valence-corrected chi connectivity index (χ4v) is 13.1. The first-order valence-corrected chi connectivity index (χ1v) is 22.7. The van der Waals surface area contributed by atoms with Crippen molar-refractivity contribution in [1.29, 1.82) is 0 Å². The first-order chi connectivity index (χ1) is 28.3. The summed E-state index contributed by atoms with van der Waals surface area (Å²) in [6.07, 6.45) is 8.89. The summed E-state index contributed by atoms with van der Waals surface area (Å²) in [5.41, 5.74) is 18.3. The van der Waals surface area contributed by atoms with Crippen molar-refractivity contribution >= 4 is 107 Å². The summed E-state index contributed by atoms with van der Waals surface area (Å²) >= 11 is 7.41. The second kappa shape index (κ2) is 14.0. The largest absolute Gasteiger partial charge is 0.248 e. The maximum atomic E-state index is 5.52. The zero-order valence-corrected chi connectivity index (χ0v) is 35.6. The van der Waals surface area contributed by atoms with Crippen molar-refractivity contribution in [2.24, 2.45) is 0 Å². The molecule has 0 amide bonds. The molecular weight excluding hydrogens is 781 g/mol. The summed E-state index contributed by atoms with van der Waals surface area (Å²) in [5, 5.41) is 0. The molecule has 2 nitrogen and oxygen atoms in total. The van der Waals surface area contributed by atoms with Crippen LogP contribution in [0.1, 0.15) is 45.0 Å². The van der Waals surface area contributed by atoms with Crippen LogP contribution in [-0.4, -0.2) is 9.97 Å². The van der Waals surface area contributed by atoms with Crippen molar-refractivity contribution in [3.63, 3.8) is 0 Å². The summed E-state index contributed by atoms with van der Waals surface area (Å²) < 4.78 is 9.96. The summed E-state index contributed by atoms with van der Waals surface area (Å²) in [5.74, 6) is 0. The monoisotopic (exact) mass is 816 g/mol. The predicted molar refractivity (Wildman–Crippen MR) is 257 cm³/mol. The van der Waals surface area contributed by atoms with E-state index in [1.165, 1.54) is 104 Å². The summed E-state index contributed by atoms with van der Waals surface area (Å²) in [6, 6.07) is 45.2. The molecule has 0 saturated carbocycles. The number of rotatable bonds is 4. The van der Waals surface area contributed by atoms with E-state index in [1.807, 2.05) is 45.3 Å². The molecule has 0 atom stereocenters. The molecule has 12 bridgehead atoms. The van der Waals surface area contributed by atoms with Gasteiger partial charge in [0.15, 0.2) is 0 Å². The van der Waals surface area contributed by atoms with E-state index in [2.05, 4.69) is 173 Å². The lowest BCUT2D eigenvalue weighted by atomic mass is 10.0. The van der Waals surface area contributed by atoms with Gasteiger partial charge in [0.1, 0.15) is 0 Å². The molecule has 0 unspecified atom stereocenters. The van der Waals surface area contributed by atoms with Gasteiger partial charge in [-0.05, 0) is 98.5 Å². The molecule has 12 aromatic rings. The number of hydrogen-bond donors (Lipinski definition) is 0. The van der Waals surface area contributed by atoms with Crippen molar-refractivity contribution in [2.45, 2.75) is 27.7 Å². The molecule has 0 fully saturated rings. The van der Waals surface area contributed by atoms with Gasteiger partial charge < -0.3 is 0 Å². The summed E-state index contributed by atoms with van der Waals surface area (Å²) in [6.45, 7) is 8.59. The van der Waals surface area contributed by atoms with E-state index in [0.717, 1.165) is 22.8 Å². The molecule has 2 aliphatic heterocycles. The Hall–Kier alpha value is -5.76. The SMILES string of the molecule is Cc1ccc(-c2c3nc(c(-c4ccc(C)cc4)c4cc5sc(cc5s4)c(-c4ccc(C)cc4)c4nc(c(-c5ccc(C)cc5)c5cc6sc2cc6s5)C=C4)C=C3)cc1. The van der Waals surface area contributed by atoms with Crippen LogP contribution in [0.25, 0.3) is 106 Å². The second-order valence-corrected chi connectivity index (χ2v) is 19.6. The molecule has 0 aliphatic carbocycles. The van der Waals surface area contributed by atoms with Crippen molar-refractivity contribution in [3.05, 3.63) is 166 Å². The lowest BCUT2D eigenvalue weighted by molar-refractivity contribution is 1.33. The third-order valence-corrected chi connectivity index (χ3v) is 15.7. The molecule has 278 valence electrons. The average molecular weight is 817 g/mol. The molecule has 4 aromatic carbocycles. The van der Waals surface area contributed by atoms with Crippen molar-refractivity contribution in [3.8, 4) is 44.5 Å². The van der Waals surface area contributed by atoms with E-state index in [0.29, 0.717) is 0 Å². The summed E-state index contributed by atoms with van der Waals surface area (Å²) in [4.78, 5) is 11.0. The third kappa shape index (κ3) is 6.19. The van der Waals surface area contributed by atoms with E-state index in [-0.39, 0.29) is 0 Å². The van der Waals surface area contributed by atoms with Gasteiger partial charge in [-0.1, -0.05) is 119 Å². The molecule has 8 aromatic heterocycles. The lowest BCUT2D eigenvalue weighted by Gasteiger charge is -2.06. The number of benzene rings is 4. The average Bonchev–Trinajstić information content (AvgIpc) is 4.08. The van der Waals surface area contributed by atoms with E-state index >= 15 is 0 Å². The Kier molecular flexibility index (Phi) is 8.52. The molecule has 58 heavy (non-hydrogen) atoms. The highest BCUT2D eigenvalue weighted by atomic mass is 32.1. The minimum Gasteiger partial charge on any atom is -0.248 e. The van der Waals surface area contributed by atoms with Crippen LogP contribution in [0, 0.1) is 27.7 Å². The third-order valence-electron chi connectivity index (χ3n) is 11.1. The lowest BCUT2D eigenvalue weighted by Crippen LogP contribution is -1.87. The Morgan fingerprint density at radius 2 is 0.483 bits per heavy atom. The van der Waals surface area contributed by atoms with Gasteiger partial charge in [-0.15, -0.1) is 45.3 Å². The number of nitrogens with zero attached hydrogens (tertiary/aromatic N) is 2. The molecule has 0 radical (unpaired) electrons. The predicted octanol–water partition coefficient (Wildman–Crippen LogP) is 16.5. The van der Waals surface area contributed by atoms with Gasteiger partial charge in [-0.2, -0.15) is 0 Å². The van der Waals surface area contributed by atoms with Gasteiger partial charge in [0, 0.05) is 59.9 Å². The van der Waals surface area contributed by atoms with Gasteiger partial charge in [0.25, 0.3) is 0 Å². The maximum Gasteiger partial charge on any atom is 0.0730 e. The first-order valence-electron chi connectivity index (χ1n) is 19.4. The van der Waals surface area contributed by atoms with Gasteiger partial charge in [0.05, 0.1) is 22.8 Å². The van der Waals surface area contributed by atoms with Crippen LogP contribution in [0.4, 0.5) is 0 Å². The molecule has 2 aliphatic rings. The highest BCUT2D eigenvalue weighted by Gasteiger charge is 2.20. The van der Waals surface area contributed by atoms with E-state index < -0.39 is 0 Å². The second-order valence-electron chi connectivity index (χ2n) is 15.3. The fraction of sp³-hybridized carbons (Fsp3) is 0.0769. The van der Waals surface area contributed by atoms with Crippen molar-refractivity contribution in [1.82, 2.24) is 9.97 Å². The molecule has 0 N–H and O–H groups in total.